The Morgan fingerprint density at radius 3 is 2.26 bits per heavy atom. The van der Waals surface area contributed by atoms with Crippen LogP contribution in [-0.4, -0.2) is 47.5 Å². The van der Waals surface area contributed by atoms with Crippen molar-refractivity contribution < 1.29 is 14.4 Å². The Kier molecular flexibility index (Phi) is 6.36. The van der Waals surface area contributed by atoms with Crippen molar-refractivity contribution in [3.63, 3.8) is 0 Å². The summed E-state index contributed by atoms with van der Waals surface area (Å²) in [7, 11) is -0.302. The van der Waals surface area contributed by atoms with Crippen LogP contribution in [0.5, 0.6) is 0 Å². The van der Waals surface area contributed by atoms with Crippen molar-refractivity contribution in [1.82, 2.24) is 4.90 Å². The second-order valence-corrected chi connectivity index (χ2v) is 9.11. The van der Waals surface area contributed by atoms with Crippen LogP contribution in [-0.2, 0) is 9.31 Å². The molecule has 2 fully saturated rings. The molecule has 2 atom stereocenters. The topological polar surface area (TPSA) is 41.9 Å². The van der Waals surface area contributed by atoms with Gasteiger partial charge in [-0.1, -0.05) is 31.2 Å². The van der Waals surface area contributed by atoms with E-state index in [4.69, 9.17) is 9.31 Å². The molecule has 3 rings (SSSR count). The Bertz CT molecular complexity index is 598. The highest BCUT2D eigenvalue weighted by atomic mass is 16.7. The van der Waals surface area contributed by atoms with Crippen LogP contribution in [0, 0.1) is 0 Å². The zero-order valence-corrected chi connectivity index (χ0v) is 17.7. The first-order valence-electron chi connectivity index (χ1n) is 10.6. The quantitative estimate of drug-likeness (QED) is 0.773. The van der Waals surface area contributed by atoms with Crippen molar-refractivity contribution in [2.24, 2.45) is 0 Å². The van der Waals surface area contributed by atoms with E-state index in [0.717, 1.165) is 24.8 Å². The number of aliphatic hydroxyl groups excluding tert-OH is 1. The van der Waals surface area contributed by atoms with Gasteiger partial charge in [0, 0.05) is 18.7 Å². The molecule has 2 saturated heterocycles. The number of hydrogen-bond donors (Lipinski definition) is 1. The van der Waals surface area contributed by atoms with Crippen LogP contribution in [0.15, 0.2) is 24.3 Å². The van der Waals surface area contributed by atoms with E-state index in [1.54, 1.807) is 0 Å². The first kappa shape index (κ1) is 20.8. The summed E-state index contributed by atoms with van der Waals surface area (Å²) in [6, 6.07) is 9.76. The van der Waals surface area contributed by atoms with Crippen molar-refractivity contribution in [2.75, 3.05) is 13.2 Å². The monoisotopic (exact) mass is 373 g/mol. The first-order chi connectivity index (χ1) is 12.8. The van der Waals surface area contributed by atoms with Gasteiger partial charge >= 0.3 is 7.12 Å². The summed E-state index contributed by atoms with van der Waals surface area (Å²) in [5, 5.41) is 9.45. The number of aliphatic hydroxyl groups is 1. The predicted octanol–water partition coefficient (Wildman–Crippen LogP) is 3.67. The molecular weight excluding hydrogens is 337 g/mol. The minimum absolute atomic E-state index is 0.276. The number of rotatable bonds is 6. The summed E-state index contributed by atoms with van der Waals surface area (Å²) in [6.45, 7) is 12.0. The van der Waals surface area contributed by atoms with Crippen LogP contribution in [0.3, 0.4) is 0 Å². The SMILES string of the molecule is CCCN1[C@H](CCO)CCC[C@H]1c1ccc(B2OC(C)(C)C(C)(C)O2)cc1. The lowest BCUT2D eigenvalue weighted by Gasteiger charge is -2.42. The number of benzene rings is 1. The molecule has 0 unspecified atom stereocenters. The molecule has 150 valence electrons. The Morgan fingerprint density at radius 1 is 1.07 bits per heavy atom. The van der Waals surface area contributed by atoms with E-state index in [9.17, 15) is 5.11 Å². The number of likely N-dealkylation sites (tertiary alicyclic amines) is 1. The molecule has 0 amide bonds. The van der Waals surface area contributed by atoms with Gasteiger partial charge < -0.3 is 14.4 Å². The lowest BCUT2D eigenvalue weighted by atomic mass is 9.78. The van der Waals surface area contributed by atoms with Crippen LogP contribution >= 0.6 is 0 Å². The average Bonchev–Trinajstić information content (AvgIpc) is 2.85. The summed E-state index contributed by atoms with van der Waals surface area (Å²) in [6.07, 6.45) is 5.64. The Hall–Kier alpha value is -0.875. The zero-order valence-electron chi connectivity index (χ0n) is 17.7. The molecule has 1 aromatic rings. The van der Waals surface area contributed by atoms with E-state index >= 15 is 0 Å². The van der Waals surface area contributed by atoms with E-state index in [-0.39, 0.29) is 24.9 Å². The molecule has 1 N–H and O–H groups in total. The van der Waals surface area contributed by atoms with E-state index < -0.39 is 0 Å². The molecule has 2 aliphatic heterocycles. The highest BCUT2D eigenvalue weighted by Gasteiger charge is 2.51. The first-order valence-corrected chi connectivity index (χ1v) is 10.6. The van der Waals surface area contributed by atoms with Crippen LogP contribution in [0.25, 0.3) is 0 Å². The standard InChI is InChI=1S/C22H36BNO3/c1-6-15-24-19(14-16-25)8-7-9-20(24)17-10-12-18(13-11-17)23-26-21(2,3)22(4,5)27-23/h10-13,19-20,25H,6-9,14-16H2,1-5H3/t19-,20-/m0/s1. The van der Waals surface area contributed by atoms with Crippen molar-refractivity contribution in [3.05, 3.63) is 29.8 Å². The summed E-state index contributed by atoms with van der Waals surface area (Å²) in [5.41, 5.74) is 1.83. The molecule has 0 saturated carbocycles. The highest BCUT2D eigenvalue weighted by Crippen LogP contribution is 2.37. The molecule has 27 heavy (non-hydrogen) atoms. The molecule has 0 radical (unpaired) electrons. The lowest BCUT2D eigenvalue weighted by molar-refractivity contribution is 0.00578. The molecule has 0 aliphatic carbocycles. The maximum atomic E-state index is 9.45. The van der Waals surface area contributed by atoms with E-state index in [0.29, 0.717) is 12.1 Å². The second kappa shape index (κ2) is 8.24. The Balaban J connectivity index is 1.76. The zero-order chi connectivity index (χ0) is 19.7. The van der Waals surface area contributed by atoms with Crippen LogP contribution in [0.1, 0.15) is 78.3 Å². The molecule has 2 heterocycles. The van der Waals surface area contributed by atoms with Crippen molar-refractivity contribution in [1.29, 1.82) is 0 Å². The van der Waals surface area contributed by atoms with Crippen LogP contribution in [0.2, 0.25) is 0 Å². The van der Waals surface area contributed by atoms with Gasteiger partial charge in [0.1, 0.15) is 0 Å². The third-order valence-electron chi connectivity index (χ3n) is 6.68. The van der Waals surface area contributed by atoms with Crippen LogP contribution < -0.4 is 5.46 Å². The van der Waals surface area contributed by atoms with Crippen molar-refractivity contribution in [3.8, 4) is 0 Å². The van der Waals surface area contributed by atoms with Gasteiger partial charge in [-0.15, -0.1) is 0 Å². The van der Waals surface area contributed by atoms with Gasteiger partial charge in [0.15, 0.2) is 0 Å². The third-order valence-corrected chi connectivity index (χ3v) is 6.68. The fourth-order valence-corrected chi connectivity index (χ4v) is 4.40. The summed E-state index contributed by atoms with van der Waals surface area (Å²) >= 11 is 0. The van der Waals surface area contributed by atoms with Gasteiger partial charge in [-0.2, -0.15) is 0 Å². The van der Waals surface area contributed by atoms with Crippen molar-refractivity contribution >= 4 is 12.6 Å². The van der Waals surface area contributed by atoms with Gasteiger partial charge in [-0.25, -0.2) is 0 Å². The van der Waals surface area contributed by atoms with Gasteiger partial charge in [0.05, 0.1) is 11.2 Å². The van der Waals surface area contributed by atoms with Gasteiger partial charge in [0.2, 0.25) is 0 Å². The third kappa shape index (κ3) is 4.27. The molecule has 0 aromatic heterocycles. The molecule has 4 nitrogen and oxygen atoms in total. The predicted molar refractivity (Wildman–Crippen MR) is 111 cm³/mol. The van der Waals surface area contributed by atoms with E-state index in [1.807, 2.05) is 0 Å². The number of nitrogens with zero attached hydrogens (tertiary/aromatic N) is 1. The van der Waals surface area contributed by atoms with Gasteiger partial charge in [-0.3, -0.25) is 4.90 Å². The van der Waals surface area contributed by atoms with Crippen molar-refractivity contribution in [2.45, 2.75) is 90.0 Å². The number of hydrogen-bond acceptors (Lipinski definition) is 4. The summed E-state index contributed by atoms with van der Waals surface area (Å²) in [5.74, 6) is 0. The van der Waals surface area contributed by atoms with Gasteiger partial charge in [-0.05, 0) is 77.4 Å². The minimum atomic E-state index is -0.310. The smallest absolute Gasteiger partial charge is 0.399 e. The number of piperidine rings is 1. The molecule has 5 heteroatoms. The molecule has 1 aromatic carbocycles. The van der Waals surface area contributed by atoms with E-state index in [1.165, 1.54) is 24.8 Å². The fourth-order valence-electron chi connectivity index (χ4n) is 4.40. The fraction of sp³-hybridized carbons (Fsp3) is 0.727. The van der Waals surface area contributed by atoms with E-state index in [2.05, 4.69) is 63.8 Å². The van der Waals surface area contributed by atoms with Crippen LogP contribution in [0.4, 0.5) is 0 Å². The summed E-state index contributed by atoms with van der Waals surface area (Å²) in [4.78, 5) is 2.61. The second-order valence-electron chi connectivity index (χ2n) is 9.11. The maximum absolute atomic E-state index is 9.45. The maximum Gasteiger partial charge on any atom is 0.494 e. The Morgan fingerprint density at radius 2 is 1.70 bits per heavy atom. The lowest BCUT2D eigenvalue weighted by Crippen LogP contribution is -2.43. The summed E-state index contributed by atoms with van der Waals surface area (Å²) < 4.78 is 12.4. The molecule has 0 spiro atoms. The molecule has 2 aliphatic rings. The molecular formula is C22H36BNO3. The largest absolute Gasteiger partial charge is 0.494 e. The molecule has 0 bridgehead atoms. The normalized spacial score (nSPS) is 27.9. The van der Waals surface area contributed by atoms with Gasteiger partial charge in [0.25, 0.3) is 0 Å². The Labute approximate surface area is 165 Å². The average molecular weight is 373 g/mol. The highest BCUT2D eigenvalue weighted by molar-refractivity contribution is 6.62. The minimum Gasteiger partial charge on any atom is -0.399 e.